The number of rotatable bonds is 2. The van der Waals surface area contributed by atoms with Gasteiger partial charge in [-0.3, -0.25) is 0 Å². The number of carbonyl (C=O) groups excluding carboxylic acids is 1. The van der Waals surface area contributed by atoms with Crippen LogP contribution in [0.4, 0.5) is 0 Å². The van der Waals surface area contributed by atoms with Gasteiger partial charge in [-0.15, -0.1) is 0 Å². The standard InChI is InChI=1S/C8H18O3Si/c1-7(2,3)10-6(9)8(4,5)11-12/h1-5,12H3. The minimum atomic E-state index is -0.792. The lowest BCUT2D eigenvalue weighted by Crippen LogP contribution is -2.40. The Morgan fingerprint density at radius 2 is 1.58 bits per heavy atom. The van der Waals surface area contributed by atoms with Crippen molar-refractivity contribution in [2.24, 2.45) is 0 Å². The van der Waals surface area contributed by atoms with Gasteiger partial charge < -0.3 is 9.16 Å². The van der Waals surface area contributed by atoms with Crippen molar-refractivity contribution in [1.82, 2.24) is 0 Å². The monoisotopic (exact) mass is 190 g/mol. The molecule has 0 aliphatic heterocycles. The topological polar surface area (TPSA) is 35.5 Å². The molecule has 72 valence electrons. The molecule has 4 heteroatoms. The second-order valence-corrected chi connectivity index (χ2v) is 4.62. The minimum absolute atomic E-state index is 0.301. The van der Waals surface area contributed by atoms with Gasteiger partial charge in [0.1, 0.15) is 21.7 Å². The van der Waals surface area contributed by atoms with Gasteiger partial charge in [-0.05, 0) is 34.6 Å². The summed E-state index contributed by atoms with van der Waals surface area (Å²) >= 11 is 0. The first-order chi connectivity index (χ1) is 5.19. The number of hydrogen-bond donors (Lipinski definition) is 0. The van der Waals surface area contributed by atoms with Crippen LogP contribution in [0.5, 0.6) is 0 Å². The molecule has 0 bridgehead atoms. The van der Waals surface area contributed by atoms with Crippen LogP contribution >= 0.6 is 0 Å². The van der Waals surface area contributed by atoms with Crippen LogP contribution < -0.4 is 0 Å². The highest BCUT2D eigenvalue weighted by Gasteiger charge is 2.31. The van der Waals surface area contributed by atoms with Crippen LogP contribution in [-0.2, 0) is 14.0 Å². The van der Waals surface area contributed by atoms with Gasteiger partial charge in [-0.25, -0.2) is 4.79 Å². The fraction of sp³-hybridized carbons (Fsp3) is 0.875. The third-order valence-corrected chi connectivity index (χ3v) is 2.42. The molecule has 0 unspecified atom stereocenters. The molecule has 0 heterocycles. The van der Waals surface area contributed by atoms with Gasteiger partial charge in [0.15, 0.2) is 0 Å². The summed E-state index contributed by atoms with van der Waals surface area (Å²) in [6, 6.07) is 0. The highest BCUT2D eigenvalue weighted by molar-refractivity contribution is 6.00. The van der Waals surface area contributed by atoms with Gasteiger partial charge in [0.25, 0.3) is 0 Å². The Bertz CT molecular complexity index is 170. The van der Waals surface area contributed by atoms with E-state index in [4.69, 9.17) is 9.16 Å². The fourth-order valence-electron chi connectivity index (χ4n) is 0.484. The first-order valence-corrected chi connectivity index (χ1v) is 4.79. The molecule has 0 amide bonds. The first-order valence-electron chi connectivity index (χ1n) is 3.97. The number of esters is 1. The molecule has 0 aromatic heterocycles. The zero-order valence-electron chi connectivity index (χ0n) is 8.72. The van der Waals surface area contributed by atoms with Crippen molar-refractivity contribution >= 4 is 16.5 Å². The Labute approximate surface area is 77.0 Å². The lowest BCUT2D eigenvalue weighted by atomic mass is 10.1. The molecule has 0 fully saturated rings. The van der Waals surface area contributed by atoms with E-state index in [1.165, 1.54) is 0 Å². The van der Waals surface area contributed by atoms with Crippen molar-refractivity contribution in [1.29, 1.82) is 0 Å². The lowest BCUT2D eigenvalue weighted by molar-refractivity contribution is -0.170. The summed E-state index contributed by atoms with van der Waals surface area (Å²) in [6.45, 7) is 8.96. The predicted molar refractivity (Wildman–Crippen MR) is 50.9 cm³/mol. The highest BCUT2D eigenvalue weighted by Crippen LogP contribution is 2.15. The molecule has 0 atom stereocenters. The van der Waals surface area contributed by atoms with Gasteiger partial charge >= 0.3 is 5.97 Å². The lowest BCUT2D eigenvalue weighted by Gasteiger charge is -2.27. The molecular formula is C8H18O3Si. The predicted octanol–water partition coefficient (Wildman–Crippen LogP) is 0.404. The van der Waals surface area contributed by atoms with E-state index in [9.17, 15) is 4.79 Å². The maximum Gasteiger partial charge on any atom is 0.337 e. The summed E-state index contributed by atoms with van der Waals surface area (Å²) in [6.07, 6.45) is 0. The van der Waals surface area contributed by atoms with Gasteiger partial charge in [0.2, 0.25) is 0 Å². The normalized spacial score (nSPS) is 13.1. The van der Waals surface area contributed by atoms with Crippen molar-refractivity contribution in [2.45, 2.75) is 45.8 Å². The van der Waals surface area contributed by atoms with Crippen molar-refractivity contribution in [3.63, 3.8) is 0 Å². The van der Waals surface area contributed by atoms with Crippen LogP contribution in [0, 0.1) is 0 Å². The van der Waals surface area contributed by atoms with E-state index in [2.05, 4.69) is 0 Å². The number of hydrogen-bond acceptors (Lipinski definition) is 3. The fourth-order valence-corrected chi connectivity index (χ4v) is 0.651. The Balaban J connectivity index is 4.23. The quantitative estimate of drug-likeness (QED) is 0.467. The zero-order valence-corrected chi connectivity index (χ0v) is 10.7. The van der Waals surface area contributed by atoms with E-state index in [0.29, 0.717) is 10.5 Å². The second kappa shape index (κ2) is 3.58. The van der Waals surface area contributed by atoms with Crippen molar-refractivity contribution < 1.29 is 14.0 Å². The molecule has 0 aromatic rings. The third-order valence-electron chi connectivity index (χ3n) is 1.40. The summed E-state index contributed by atoms with van der Waals surface area (Å²) in [5.74, 6) is -0.301. The minimum Gasteiger partial charge on any atom is -0.458 e. The first kappa shape index (κ1) is 11.6. The highest BCUT2D eigenvalue weighted by atomic mass is 28.2. The van der Waals surface area contributed by atoms with Crippen LogP contribution in [0.15, 0.2) is 0 Å². The van der Waals surface area contributed by atoms with Crippen molar-refractivity contribution in [3.8, 4) is 0 Å². The van der Waals surface area contributed by atoms with Crippen LogP contribution in [0.2, 0.25) is 0 Å². The third kappa shape index (κ3) is 3.87. The van der Waals surface area contributed by atoms with E-state index in [1.807, 2.05) is 20.8 Å². The number of ether oxygens (including phenoxy) is 1. The Morgan fingerprint density at radius 3 is 1.83 bits per heavy atom. The maximum atomic E-state index is 11.4. The molecule has 0 saturated carbocycles. The van der Waals surface area contributed by atoms with Gasteiger partial charge in [-0.2, -0.15) is 0 Å². The molecule has 0 aliphatic carbocycles. The summed E-state index contributed by atoms with van der Waals surface area (Å²) < 4.78 is 10.3. The summed E-state index contributed by atoms with van der Waals surface area (Å²) in [5, 5.41) is 0. The van der Waals surface area contributed by atoms with Gasteiger partial charge in [0.05, 0.1) is 0 Å². The molecule has 0 rings (SSSR count). The zero-order chi connectivity index (χ0) is 9.99. The Morgan fingerprint density at radius 1 is 1.17 bits per heavy atom. The smallest absolute Gasteiger partial charge is 0.337 e. The van der Waals surface area contributed by atoms with Gasteiger partial charge in [-0.1, -0.05) is 0 Å². The summed E-state index contributed by atoms with van der Waals surface area (Å²) in [4.78, 5) is 11.4. The average molecular weight is 190 g/mol. The molecule has 0 aromatic carbocycles. The Kier molecular flexibility index (Phi) is 3.47. The van der Waals surface area contributed by atoms with Crippen LogP contribution in [0.25, 0.3) is 0 Å². The van der Waals surface area contributed by atoms with Crippen LogP contribution in [-0.4, -0.2) is 27.7 Å². The van der Waals surface area contributed by atoms with E-state index in [0.717, 1.165) is 0 Å². The van der Waals surface area contributed by atoms with Crippen LogP contribution in [0.3, 0.4) is 0 Å². The van der Waals surface area contributed by atoms with Crippen LogP contribution in [0.1, 0.15) is 34.6 Å². The molecule has 0 N–H and O–H groups in total. The molecule has 12 heavy (non-hydrogen) atoms. The van der Waals surface area contributed by atoms with Crippen molar-refractivity contribution in [2.75, 3.05) is 0 Å². The van der Waals surface area contributed by atoms with E-state index >= 15 is 0 Å². The molecule has 3 nitrogen and oxygen atoms in total. The largest absolute Gasteiger partial charge is 0.458 e. The van der Waals surface area contributed by atoms with E-state index in [1.54, 1.807) is 13.8 Å². The van der Waals surface area contributed by atoms with Crippen molar-refractivity contribution in [3.05, 3.63) is 0 Å². The molecule has 0 aliphatic rings. The molecule has 0 saturated heterocycles. The summed E-state index contributed by atoms with van der Waals surface area (Å²) in [5.41, 5.74) is -1.23. The maximum absolute atomic E-state index is 11.4. The molecule has 0 spiro atoms. The SMILES string of the molecule is CC(C)(C)OC(=O)C(C)(C)O[SiH3]. The molecule has 0 radical (unpaired) electrons. The number of carbonyl (C=O) groups is 1. The van der Waals surface area contributed by atoms with Gasteiger partial charge in [0, 0.05) is 0 Å². The second-order valence-electron chi connectivity index (χ2n) is 4.22. The summed E-state index contributed by atoms with van der Waals surface area (Å²) in [7, 11) is 0.536. The van der Waals surface area contributed by atoms with E-state index in [-0.39, 0.29) is 5.97 Å². The van der Waals surface area contributed by atoms with E-state index < -0.39 is 11.2 Å². The molecular weight excluding hydrogens is 172 g/mol. The Hall–Kier alpha value is -0.353. The average Bonchev–Trinajstić information content (AvgIpc) is 1.84.